The molecule has 3 heterocycles. The van der Waals surface area contributed by atoms with Crippen LogP contribution in [-0.2, 0) is 24.2 Å². The lowest BCUT2D eigenvalue weighted by Crippen LogP contribution is -2.41. The molecule has 0 spiro atoms. The molecule has 1 aromatic carbocycles. The minimum Gasteiger partial charge on any atom is -0.333 e. The van der Waals surface area contributed by atoms with Gasteiger partial charge in [0.05, 0.1) is 12.6 Å². The number of piperidine rings is 1. The van der Waals surface area contributed by atoms with E-state index in [-0.39, 0.29) is 11.9 Å². The average Bonchev–Trinajstić information content (AvgIpc) is 3.16. The van der Waals surface area contributed by atoms with E-state index in [0.717, 1.165) is 50.5 Å². The molecular weight excluding hydrogens is 362 g/mol. The van der Waals surface area contributed by atoms with Crippen LogP contribution in [0.15, 0.2) is 30.3 Å². The molecule has 6 nitrogen and oxygen atoms in total. The molecule has 29 heavy (non-hydrogen) atoms. The molecule has 0 aliphatic carbocycles. The van der Waals surface area contributed by atoms with Gasteiger partial charge in [0, 0.05) is 19.4 Å². The monoisotopic (exact) mass is 395 g/mol. The molecule has 0 saturated carbocycles. The van der Waals surface area contributed by atoms with Gasteiger partial charge in [0.25, 0.3) is 0 Å². The van der Waals surface area contributed by atoms with E-state index in [0.29, 0.717) is 18.9 Å². The fraction of sp³-hybridized carbons (Fsp3) is 0.609. The maximum atomic E-state index is 12.8. The fourth-order valence-corrected chi connectivity index (χ4v) is 4.71. The molecule has 2 aliphatic rings. The zero-order valence-electron chi connectivity index (χ0n) is 17.8. The lowest BCUT2D eigenvalue weighted by Gasteiger charge is -2.33. The summed E-state index contributed by atoms with van der Waals surface area (Å²) in [7, 11) is 2.18. The molecule has 0 bridgehead atoms. The Hall–Kier alpha value is -2.21. The van der Waals surface area contributed by atoms with Crippen LogP contribution >= 0.6 is 0 Å². The Morgan fingerprint density at radius 3 is 2.62 bits per heavy atom. The van der Waals surface area contributed by atoms with E-state index in [1.165, 1.54) is 18.4 Å². The molecule has 0 N–H and O–H groups in total. The summed E-state index contributed by atoms with van der Waals surface area (Å²) >= 11 is 0. The van der Waals surface area contributed by atoms with Crippen LogP contribution in [0.2, 0.25) is 0 Å². The smallest absolute Gasteiger partial charge is 0.223 e. The molecular formula is C23H33N5O. The average molecular weight is 396 g/mol. The number of aryl methyl sites for hydroxylation is 2. The first-order valence-electron chi connectivity index (χ1n) is 11.0. The van der Waals surface area contributed by atoms with Gasteiger partial charge in [0.15, 0.2) is 5.82 Å². The zero-order valence-corrected chi connectivity index (χ0v) is 17.8. The van der Waals surface area contributed by atoms with Gasteiger partial charge in [-0.05, 0) is 64.2 Å². The van der Waals surface area contributed by atoms with Crippen molar-refractivity contribution in [2.75, 3.05) is 26.7 Å². The van der Waals surface area contributed by atoms with Crippen molar-refractivity contribution >= 4 is 5.91 Å². The van der Waals surface area contributed by atoms with Gasteiger partial charge in [-0.1, -0.05) is 30.3 Å². The number of amides is 1. The molecule has 1 aromatic heterocycles. The summed E-state index contributed by atoms with van der Waals surface area (Å²) in [4.78, 5) is 17.2. The van der Waals surface area contributed by atoms with Crippen LogP contribution in [0.25, 0.3) is 0 Å². The first-order valence-corrected chi connectivity index (χ1v) is 11.0. The van der Waals surface area contributed by atoms with E-state index in [4.69, 9.17) is 0 Å². The summed E-state index contributed by atoms with van der Waals surface area (Å²) in [6, 6.07) is 10.7. The van der Waals surface area contributed by atoms with Gasteiger partial charge in [0.2, 0.25) is 5.91 Å². The van der Waals surface area contributed by atoms with Gasteiger partial charge in [-0.25, -0.2) is 0 Å². The summed E-state index contributed by atoms with van der Waals surface area (Å²) < 4.78 is 2.25. The summed E-state index contributed by atoms with van der Waals surface area (Å²) in [6.45, 7) is 5.85. The van der Waals surface area contributed by atoms with E-state index < -0.39 is 0 Å². The SMILES string of the molecule is C[C@H]1CN(C(=O)CCC2CCN(C)CC2)Cc2nnc(CCc3ccccc3)n21. The Bertz CT molecular complexity index is 810. The van der Waals surface area contributed by atoms with Crippen molar-refractivity contribution in [2.24, 2.45) is 5.92 Å². The van der Waals surface area contributed by atoms with Gasteiger partial charge >= 0.3 is 0 Å². The highest BCUT2D eigenvalue weighted by molar-refractivity contribution is 5.76. The van der Waals surface area contributed by atoms with E-state index in [9.17, 15) is 4.79 Å². The van der Waals surface area contributed by atoms with Crippen molar-refractivity contribution in [2.45, 2.75) is 58.0 Å². The number of fused-ring (bicyclic) bond motifs is 1. The van der Waals surface area contributed by atoms with E-state index in [1.54, 1.807) is 0 Å². The topological polar surface area (TPSA) is 54.3 Å². The Kier molecular flexibility index (Phi) is 6.28. The van der Waals surface area contributed by atoms with Gasteiger partial charge in [-0.3, -0.25) is 4.79 Å². The second-order valence-electron chi connectivity index (χ2n) is 8.80. The number of hydrogen-bond donors (Lipinski definition) is 0. The second-order valence-corrected chi connectivity index (χ2v) is 8.80. The summed E-state index contributed by atoms with van der Waals surface area (Å²) in [6.07, 6.45) is 5.97. The molecule has 2 aliphatic heterocycles. The second kappa shape index (κ2) is 9.08. The van der Waals surface area contributed by atoms with Gasteiger partial charge < -0.3 is 14.4 Å². The molecule has 1 fully saturated rings. The Balaban J connectivity index is 1.32. The Labute approximate surface area is 173 Å². The third-order valence-corrected chi connectivity index (χ3v) is 6.53. The molecule has 1 saturated heterocycles. The van der Waals surface area contributed by atoms with Crippen LogP contribution < -0.4 is 0 Å². The Morgan fingerprint density at radius 2 is 1.86 bits per heavy atom. The minimum atomic E-state index is 0.229. The van der Waals surface area contributed by atoms with Crippen LogP contribution in [0.4, 0.5) is 0 Å². The molecule has 1 atom stereocenters. The first kappa shape index (κ1) is 20.1. The molecule has 2 aromatic rings. The summed E-state index contributed by atoms with van der Waals surface area (Å²) in [5, 5.41) is 8.88. The minimum absolute atomic E-state index is 0.229. The maximum absolute atomic E-state index is 12.8. The third-order valence-electron chi connectivity index (χ3n) is 6.53. The number of carbonyl (C=O) groups is 1. The van der Waals surface area contributed by atoms with Gasteiger partial charge in [-0.2, -0.15) is 0 Å². The lowest BCUT2D eigenvalue weighted by atomic mass is 9.92. The maximum Gasteiger partial charge on any atom is 0.223 e. The highest BCUT2D eigenvalue weighted by Gasteiger charge is 2.29. The predicted octanol–water partition coefficient (Wildman–Crippen LogP) is 3.09. The Morgan fingerprint density at radius 1 is 1.10 bits per heavy atom. The van der Waals surface area contributed by atoms with Crippen LogP contribution in [-0.4, -0.2) is 57.2 Å². The van der Waals surface area contributed by atoms with E-state index in [2.05, 4.69) is 57.9 Å². The normalized spacial score (nSPS) is 20.6. The molecule has 1 amide bonds. The first-order chi connectivity index (χ1) is 14.1. The van der Waals surface area contributed by atoms with E-state index >= 15 is 0 Å². The number of rotatable bonds is 6. The summed E-state index contributed by atoms with van der Waals surface area (Å²) in [5.74, 6) is 2.94. The predicted molar refractivity (Wildman–Crippen MR) is 113 cm³/mol. The fourth-order valence-electron chi connectivity index (χ4n) is 4.71. The molecule has 156 valence electrons. The number of likely N-dealkylation sites (tertiary alicyclic amines) is 1. The zero-order chi connectivity index (χ0) is 20.2. The molecule has 4 rings (SSSR count). The van der Waals surface area contributed by atoms with Gasteiger partial charge in [-0.15, -0.1) is 10.2 Å². The van der Waals surface area contributed by atoms with Crippen molar-refractivity contribution in [1.29, 1.82) is 0 Å². The molecule has 0 unspecified atom stereocenters. The lowest BCUT2D eigenvalue weighted by molar-refractivity contribution is -0.133. The quantitative estimate of drug-likeness (QED) is 0.754. The highest BCUT2D eigenvalue weighted by atomic mass is 16.2. The van der Waals surface area contributed by atoms with Crippen LogP contribution in [0.3, 0.4) is 0 Å². The highest BCUT2D eigenvalue weighted by Crippen LogP contribution is 2.25. The van der Waals surface area contributed by atoms with Crippen molar-refractivity contribution in [3.8, 4) is 0 Å². The van der Waals surface area contributed by atoms with Crippen molar-refractivity contribution < 1.29 is 4.79 Å². The largest absolute Gasteiger partial charge is 0.333 e. The van der Waals surface area contributed by atoms with Crippen LogP contribution in [0.5, 0.6) is 0 Å². The number of carbonyl (C=O) groups excluding carboxylic acids is 1. The number of nitrogens with zero attached hydrogens (tertiary/aromatic N) is 5. The third kappa shape index (κ3) is 4.86. The number of aromatic nitrogens is 3. The van der Waals surface area contributed by atoms with Crippen molar-refractivity contribution in [3.63, 3.8) is 0 Å². The standard InChI is InChI=1S/C23H33N5O/c1-18-16-27(23(29)11-9-20-12-14-26(2)15-13-20)17-22-25-24-21(28(18)22)10-8-19-6-4-3-5-7-19/h3-7,18,20H,8-17H2,1-2H3/t18-/m0/s1. The number of benzene rings is 1. The van der Waals surface area contributed by atoms with Crippen molar-refractivity contribution in [1.82, 2.24) is 24.6 Å². The van der Waals surface area contributed by atoms with Gasteiger partial charge in [0.1, 0.15) is 5.82 Å². The molecule has 0 radical (unpaired) electrons. The van der Waals surface area contributed by atoms with Crippen LogP contribution in [0, 0.1) is 5.92 Å². The van der Waals surface area contributed by atoms with E-state index in [1.807, 2.05) is 11.0 Å². The van der Waals surface area contributed by atoms with Crippen molar-refractivity contribution in [3.05, 3.63) is 47.5 Å². The summed E-state index contributed by atoms with van der Waals surface area (Å²) in [5.41, 5.74) is 1.32. The van der Waals surface area contributed by atoms with Crippen LogP contribution in [0.1, 0.15) is 55.9 Å². The molecule has 6 heteroatoms. The number of hydrogen-bond acceptors (Lipinski definition) is 4.